The summed E-state index contributed by atoms with van der Waals surface area (Å²) >= 11 is 0. The first-order chi connectivity index (χ1) is 7.56. The first-order valence-electron chi connectivity index (χ1n) is 5.30. The fourth-order valence-electron chi connectivity index (χ4n) is 1.63. The van der Waals surface area contributed by atoms with E-state index in [1.165, 1.54) is 28.3 Å². The quantitative estimate of drug-likeness (QED) is 0.783. The van der Waals surface area contributed by atoms with Crippen LogP contribution in [-0.2, 0) is 11.2 Å². The van der Waals surface area contributed by atoms with Crippen LogP contribution in [0.25, 0.3) is 0 Å². The van der Waals surface area contributed by atoms with Crippen molar-refractivity contribution in [2.45, 2.75) is 27.2 Å². The lowest BCUT2D eigenvalue weighted by atomic mass is 9.97. The first kappa shape index (κ1) is 12.3. The minimum atomic E-state index is -0.568. The summed E-state index contributed by atoms with van der Waals surface area (Å²) in [6.45, 7) is 6.78. The summed E-state index contributed by atoms with van der Waals surface area (Å²) in [5.74, 6) is -0.568. The van der Waals surface area contributed by atoms with Crippen LogP contribution in [0.1, 0.15) is 22.3 Å². The number of carbonyl (C=O) groups excluding carboxylic acids is 1. The predicted molar refractivity (Wildman–Crippen MR) is 63.0 cm³/mol. The zero-order chi connectivity index (χ0) is 12.1. The summed E-state index contributed by atoms with van der Waals surface area (Å²) < 4.78 is 0. The van der Waals surface area contributed by atoms with Crippen molar-refractivity contribution in [1.82, 2.24) is 5.32 Å². The molecule has 0 aliphatic heterocycles. The second-order valence-electron chi connectivity index (χ2n) is 3.91. The molecule has 0 aliphatic rings. The number of benzene rings is 1. The number of aryl methyl sites for hydroxylation is 1. The Balaban J connectivity index is 2.66. The molecular formula is C13H16N2O. The summed E-state index contributed by atoms with van der Waals surface area (Å²) in [6.07, 6.45) is 0.764. The third kappa shape index (κ3) is 2.83. The van der Waals surface area contributed by atoms with E-state index in [0.717, 1.165) is 6.42 Å². The molecule has 3 nitrogen and oxygen atoms in total. The van der Waals surface area contributed by atoms with E-state index >= 15 is 0 Å². The molecule has 1 aromatic rings. The summed E-state index contributed by atoms with van der Waals surface area (Å²) in [5, 5.41) is 10.8. The van der Waals surface area contributed by atoms with Gasteiger partial charge in [0.15, 0.2) is 6.07 Å². The average molecular weight is 216 g/mol. The Morgan fingerprint density at radius 3 is 2.62 bits per heavy atom. The van der Waals surface area contributed by atoms with E-state index in [-0.39, 0.29) is 0 Å². The van der Waals surface area contributed by atoms with Crippen LogP contribution in [-0.4, -0.2) is 12.5 Å². The maximum absolute atomic E-state index is 10.7. The number of nitrogens with one attached hydrogen (secondary N) is 1. The van der Waals surface area contributed by atoms with Crippen molar-refractivity contribution in [2.75, 3.05) is 6.54 Å². The molecule has 16 heavy (non-hydrogen) atoms. The molecule has 0 radical (unpaired) electrons. The maximum atomic E-state index is 10.7. The minimum Gasteiger partial charge on any atom is -0.343 e. The van der Waals surface area contributed by atoms with Crippen LogP contribution in [0.2, 0.25) is 0 Å². The van der Waals surface area contributed by atoms with E-state index in [1.54, 1.807) is 0 Å². The smallest absolute Gasteiger partial charge is 0.322 e. The van der Waals surface area contributed by atoms with E-state index in [9.17, 15) is 4.79 Å². The molecule has 0 heterocycles. The van der Waals surface area contributed by atoms with Gasteiger partial charge in [-0.2, -0.15) is 5.26 Å². The summed E-state index contributed by atoms with van der Waals surface area (Å²) in [7, 11) is 0. The number of nitriles is 1. The largest absolute Gasteiger partial charge is 0.343 e. The Labute approximate surface area is 96.1 Å². The standard InChI is InChI=1S/C13H16N2O/c1-9-4-5-12(11(3)10(9)2)6-7-15-13(16)8-14/h4-5H,6-7H2,1-3H3,(H,15,16). The van der Waals surface area contributed by atoms with Crippen molar-refractivity contribution in [3.05, 3.63) is 34.4 Å². The van der Waals surface area contributed by atoms with Crippen LogP contribution in [0.15, 0.2) is 12.1 Å². The zero-order valence-electron chi connectivity index (χ0n) is 9.92. The highest BCUT2D eigenvalue weighted by molar-refractivity contribution is 5.91. The number of hydrogen-bond acceptors (Lipinski definition) is 2. The van der Waals surface area contributed by atoms with Gasteiger partial charge in [-0.1, -0.05) is 12.1 Å². The van der Waals surface area contributed by atoms with E-state index in [1.807, 2.05) is 0 Å². The Morgan fingerprint density at radius 2 is 2.00 bits per heavy atom. The fraction of sp³-hybridized carbons (Fsp3) is 0.385. The number of rotatable bonds is 3. The SMILES string of the molecule is Cc1ccc(CCNC(=O)C#N)c(C)c1C. The molecule has 0 aromatic heterocycles. The molecule has 0 aliphatic carbocycles. The van der Waals surface area contributed by atoms with E-state index in [4.69, 9.17) is 5.26 Å². The highest BCUT2D eigenvalue weighted by Gasteiger charge is 2.04. The van der Waals surface area contributed by atoms with Crippen molar-refractivity contribution in [3.63, 3.8) is 0 Å². The van der Waals surface area contributed by atoms with Crippen LogP contribution < -0.4 is 5.32 Å². The zero-order valence-corrected chi connectivity index (χ0v) is 9.92. The number of nitrogens with zero attached hydrogens (tertiary/aromatic N) is 1. The van der Waals surface area contributed by atoms with Crippen LogP contribution >= 0.6 is 0 Å². The Bertz CT molecular complexity index is 444. The van der Waals surface area contributed by atoms with Gasteiger partial charge in [-0.3, -0.25) is 4.79 Å². The van der Waals surface area contributed by atoms with Crippen molar-refractivity contribution < 1.29 is 4.79 Å². The van der Waals surface area contributed by atoms with E-state index in [0.29, 0.717) is 6.54 Å². The topological polar surface area (TPSA) is 52.9 Å². The van der Waals surface area contributed by atoms with E-state index in [2.05, 4.69) is 38.2 Å². The lowest BCUT2D eigenvalue weighted by molar-refractivity contribution is -0.115. The van der Waals surface area contributed by atoms with Gasteiger partial charge in [0.1, 0.15) is 0 Å². The average Bonchev–Trinajstić information content (AvgIpc) is 2.29. The second kappa shape index (κ2) is 5.32. The van der Waals surface area contributed by atoms with Gasteiger partial charge in [-0.15, -0.1) is 0 Å². The van der Waals surface area contributed by atoms with Crippen LogP contribution in [0, 0.1) is 32.1 Å². The third-order valence-corrected chi connectivity index (χ3v) is 2.95. The molecular weight excluding hydrogens is 200 g/mol. The highest BCUT2D eigenvalue weighted by Crippen LogP contribution is 2.17. The Morgan fingerprint density at radius 1 is 1.31 bits per heavy atom. The minimum absolute atomic E-state index is 0.510. The van der Waals surface area contributed by atoms with Gasteiger partial charge in [-0.25, -0.2) is 0 Å². The predicted octanol–water partition coefficient (Wildman–Crippen LogP) is 1.79. The Kier molecular flexibility index (Phi) is 4.07. The molecule has 84 valence electrons. The van der Waals surface area contributed by atoms with Crippen molar-refractivity contribution in [3.8, 4) is 6.07 Å². The molecule has 0 saturated heterocycles. The number of amides is 1. The van der Waals surface area contributed by atoms with Gasteiger partial charge in [0, 0.05) is 6.54 Å². The Hall–Kier alpha value is -1.82. The first-order valence-corrected chi connectivity index (χ1v) is 5.30. The number of hydrogen-bond donors (Lipinski definition) is 1. The van der Waals surface area contributed by atoms with Gasteiger partial charge < -0.3 is 5.32 Å². The molecule has 0 unspecified atom stereocenters. The molecule has 0 spiro atoms. The second-order valence-corrected chi connectivity index (χ2v) is 3.91. The molecule has 0 saturated carbocycles. The van der Waals surface area contributed by atoms with E-state index < -0.39 is 5.91 Å². The molecule has 1 amide bonds. The molecule has 0 atom stereocenters. The molecule has 3 heteroatoms. The maximum Gasteiger partial charge on any atom is 0.322 e. The molecule has 0 bridgehead atoms. The van der Waals surface area contributed by atoms with Gasteiger partial charge in [0.25, 0.3) is 0 Å². The molecule has 0 fully saturated rings. The molecule has 1 aromatic carbocycles. The van der Waals surface area contributed by atoms with Crippen molar-refractivity contribution in [1.29, 1.82) is 5.26 Å². The fourth-order valence-corrected chi connectivity index (χ4v) is 1.63. The number of carbonyl (C=O) groups is 1. The van der Waals surface area contributed by atoms with Crippen LogP contribution in [0.5, 0.6) is 0 Å². The van der Waals surface area contributed by atoms with Gasteiger partial charge in [0.05, 0.1) is 0 Å². The lowest BCUT2D eigenvalue weighted by Gasteiger charge is -2.11. The van der Waals surface area contributed by atoms with Gasteiger partial charge in [-0.05, 0) is 49.4 Å². The van der Waals surface area contributed by atoms with Gasteiger partial charge >= 0.3 is 5.91 Å². The van der Waals surface area contributed by atoms with Gasteiger partial charge in [0.2, 0.25) is 0 Å². The summed E-state index contributed by atoms with van der Waals surface area (Å²) in [4.78, 5) is 10.7. The van der Waals surface area contributed by atoms with Crippen molar-refractivity contribution in [2.24, 2.45) is 0 Å². The summed E-state index contributed by atoms with van der Waals surface area (Å²) in [5.41, 5.74) is 5.07. The monoisotopic (exact) mass is 216 g/mol. The normalized spacial score (nSPS) is 9.62. The van der Waals surface area contributed by atoms with Crippen LogP contribution in [0.3, 0.4) is 0 Å². The molecule has 1 N–H and O–H groups in total. The van der Waals surface area contributed by atoms with Crippen molar-refractivity contribution >= 4 is 5.91 Å². The highest BCUT2D eigenvalue weighted by atomic mass is 16.1. The lowest BCUT2D eigenvalue weighted by Crippen LogP contribution is -2.24. The molecule has 1 rings (SSSR count). The third-order valence-electron chi connectivity index (χ3n) is 2.95. The summed E-state index contributed by atoms with van der Waals surface area (Å²) in [6, 6.07) is 5.70. The van der Waals surface area contributed by atoms with Crippen LogP contribution in [0.4, 0.5) is 0 Å².